The van der Waals surface area contributed by atoms with Gasteiger partial charge in [0.2, 0.25) is 5.91 Å². The van der Waals surface area contributed by atoms with Crippen LogP contribution in [0.25, 0.3) is 0 Å². The number of carbonyl (C=O) groups is 1. The van der Waals surface area contributed by atoms with E-state index in [4.69, 9.17) is 16.7 Å². The lowest BCUT2D eigenvalue weighted by atomic mass is 10.2. The lowest BCUT2D eigenvalue weighted by Crippen LogP contribution is -2.38. The number of carbonyl (C=O) groups excluding carboxylic acids is 1. The fourth-order valence-corrected chi connectivity index (χ4v) is 1.94. The van der Waals surface area contributed by atoms with E-state index in [9.17, 15) is 4.79 Å². The van der Waals surface area contributed by atoms with Gasteiger partial charge in [0.05, 0.1) is 6.54 Å². The van der Waals surface area contributed by atoms with E-state index >= 15 is 0 Å². The van der Waals surface area contributed by atoms with E-state index in [0.29, 0.717) is 30.2 Å². The van der Waals surface area contributed by atoms with Crippen molar-refractivity contribution < 1.29 is 9.90 Å². The topological polar surface area (TPSA) is 52.6 Å². The smallest absolute Gasteiger partial charge is 0.238 e. The van der Waals surface area contributed by atoms with Crippen LogP contribution < -0.4 is 5.32 Å². The first kappa shape index (κ1) is 16.0. The maximum absolute atomic E-state index is 11.9. The van der Waals surface area contributed by atoms with E-state index < -0.39 is 0 Å². The van der Waals surface area contributed by atoms with E-state index in [0.717, 1.165) is 0 Å². The number of amides is 1. The number of aliphatic hydroxyl groups excluding tert-OH is 1. The first-order valence-electron chi connectivity index (χ1n) is 6.43. The van der Waals surface area contributed by atoms with Gasteiger partial charge < -0.3 is 10.4 Å². The van der Waals surface area contributed by atoms with Gasteiger partial charge in [-0.25, -0.2) is 0 Å². The number of aliphatic hydroxyl groups is 1. The van der Waals surface area contributed by atoms with Crippen LogP contribution in [0.1, 0.15) is 20.3 Å². The zero-order valence-corrected chi connectivity index (χ0v) is 12.2. The lowest BCUT2D eigenvalue weighted by Gasteiger charge is -2.25. The standard InChI is InChI=1S/C14H21ClN2O2/c1-11(2)17(7-4-8-18)10-14(19)16-13-6-3-5-12(15)9-13/h3,5-6,9,11,18H,4,7-8,10H2,1-2H3,(H,16,19). The van der Waals surface area contributed by atoms with E-state index in [1.54, 1.807) is 24.3 Å². The van der Waals surface area contributed by atoms with Gasteiger partial charge in [-0.2, -0.15) is 0 Å². The van der Waals surface area contributed by atoms with Crippen LogP contribution in [0.2, 0.25) is 5.02 Å². The number of hydrogen-bond acceptors (Lipinski definition) is 3. The molecule has 0 saturated heterocycles. The van der Waals surface area contributed by atoms with Crippen LogP contribution in [0, 0.1) is 0 Å². The van der Waals surface area contributed by atoms with Gasteiger partial charge in [0.25, 0.3) is 0 Å². The highest BCUT2D eigenvalue weighted by Gasteiger charge is 2.13. The first-order chi connectivity index (χ1) is 9.02. The van der Waals surface area contributed by atoms with Gasteiger partial charge in [-0.15, -0.1) is 0 Å². The number of benzene rings is 1. The zero-order valence-electron chi connectivity index (χ0n) is 11.4. The Kier molecular flexibility index (Phi) is 6.84. The van der Waals surface area contributed by atoms with Gasteiger partial charge in [0.15, 0.2) is 0 Å². The van der Waals surface area contributed by atoms with Crippen LogP contribution in [-0.2, 0) is 4.79 Å². The van der Waals surface area contributed by atoms with Gasteiger partial charge in [-0.1, -0.05) is 17.7 Å². The molecular weight excluding hydrogens is 264 g/mol. The summed E-state index contributed by atoms with van der Waals surface area (Å²) in [7, 11) is 0. The molecule has 0 radical (unpaired) electrons. The van der Waals surface area contributed by atoms with Gasteiger partial charge in [-0.3, -0.25) is 9.69 Å². The van der Waals surface area contributed by atoms with Gasteiger partial charge in [0, 0.05) is 29.9 Å². The second-order valence-corrected chi connectivity index (χ2v) is 5.14. The van der Waals surface area contributed by atoms with Crippen molar-refractivity contribution in [3.05, 3.63) is 29.3 Å². The fourth-order valence-electron chi connectivity index (χ4n) is 1.74. The number of halogens is 1. The van der Waals surface area contributed by atoms with Crippen LogP contribution in [0.3, 0.4) is 0 Å². The van der Waals surface area contributed by atoms with Crippen molar-refractivity contribution in [3.8, 4) is 0 Å². The Bertz CT molecular complexity index is 410. The number of anilines is 1. The molecule has 1 aromatic carbocycles. The fraction of sp³-hybridized carbons (Fsp3) is 0.500. The normalized spacial score (nSPS) is 11.1. The number of hydrogen-bond donors (Lipinski definition) is 2. The second kappa shape index (κ2) is 8.15. The van der Waals surface area contributed by atoms with Gasteiger partial charge >= 0.3 is 0 Å². The van der Waals surface area contributed by atoms with Crippen molar-refractivity contribution in [2.75, 3.05) is 25.0 Å². The highest BCUT2D eigenvalue weighted by molar-refractivity contribution is 6.30. The van der Waals surface area contributed by atoms with E-state index in [1.807, 2.05) is 18.7 Å². The number of nitrogens with one attached hydrogen (secondary N) is 1. The highest BCUT2D eigenvalue weighted by Crippen LogP contribution is 2.14. The van der Waals surface area contributed by atoms with Crippen molar-refractivity contribution in [2.45, 2.75) is 26.3 Å². The lowest BCUT2D eigenvalue weighted by molar-refractivity contribution is -0.117. The van der Waals surface area contributed by atoms with E-state index in [2.05, 4.69) is 5.32 Å². The number of nitrogens with zero attached hydrogens (tertiary/aromatic N) is 1. The maximum atomic E-state index is 11.9. The van der Waals surface area contributed by atoms with Crippen LogP contribution in [0.4, 0.5) is 5.69 Å². The Morgan fingerprint density at radius 2 is 2.21 bits per heavy atom. The largest absolute Gasteiger partial charge is 0.396 e. The molecule has 0 atom stereocenters. The molecule has 0 aliphatic rings. The van der Waals surface area contributed by atoms with E-state index in [1.165, 1.54) is 0 Å². The van der Waals surface area contributed by atoms with Crippen molar-refractivity contribution in [1.29, 1.82) is 0 Å². The molecule has 0 spiro atoms. The zero-order chi connectivity index (χ0) is 14.3. The Morgan fingerprint density at radius 3 is 2.79 bits per heavy atom. The summed E-state index contributed by atoms with van der Waals surface area (Å²) in [5.74, 6) is -0.0751. The summed E-state index contributed by atoms with van der Waals surface area (Å²) in [6, 6.07) is 7.34. The molecule has 106 valence electrons. The van der Waals surface area contributed by atoms with E-state index in [-0.39, 0.29) is 18.6 Å². The molecule has 0 unspecified atom stereocenters. The maximum Gasteiger partial charge on any atom is 0.238 e. The molecule has 1 rings (SSSR count). The summed E-state index contributed by atoms with van der Waals surface area (Å²) >= 11 is 5.86. The molecule has 0 aliphatic heterocycles. The Morgan fingerprint density at radius 1 is 1.47 bits per heavy atom. The summed E-state index contributed by atoms with van der Waals surface area (Å²) in [5, 5.41) is 12.3. The molecule has 4 nitrogen and oxygen atoms in total. The first-order valence-corrected chi connectivity index (χ1v) is 6.81. The summed E-state index contributed by atoms with van der Waals surface area (Å²) in [5.41, 5.74) is 0.698. The van der Waals surface area contributed by atoms with Crippen LogP contribution in [-0.4, -0.2) is 41.7 Å². The summed E-state index contributed by atoms with van der Waals surface area (Å²) in [6.07, 6.45) is 0.669. The molecule has 0 heterocycles. The minimum absolute atomic E-state index is 0.0751. The highest BCUT2D eigenvalue weighted by atomic mass is 35.5. The van der Waals surface area contributed by atoms with Gasteiger partial charge in [0.1, 0.15) is 0 Å². The quantitative estimate of drug-likeness (QED) is 0.808. The Hall–Kier alpha value is -1.10. The van der Waals surface area contributed by atoms with Crippen molar-refractivity contribution >= 4 is 23.2 Å². The number of rotatable bonds is 7. The Labute approximate surface area is 119 Å². The monoisotopic (exact) mass is 284 g/mol. The molecule has 0 aliphatic carbocycles. The molecule has 0 fully saturated rings. The second-order valence-electron chi connectivity index (χ2n) is 4.70. The average molecular weight is 285 g/mol. The third-order valence-electron chi connectivity index (χ3n) is 2.79. The van der Waals surface area contributed by atoms with Gasteiger partial charge in [-0.05, 0) is 38.5 Å². The molecular formula is C14H21ClN2O2. The molecule has 2 N–H and O–H groups in total. The Balaban J connectivity index is 2.52. The summed E-state index contributed by atoms with van der Waals surface area (Å²) in [6.45, 7) is 5.22. The average Bonchev–Trinajstić information content (AvgIpc) is 2.34. The minimum atomic E-state index is -0.0751. The molecule has 19 heavy (non-hydrogen) atoms. The summed E-state index contributed by atoms with van der Waals surface area (Å²) < 4.78 is 0. The molecule has 5 heteroatoms. The van der Waals surface area contributed by atoms with Crippen molar-refractivity contribution in [2.24, 2.45) is 0 Å². The molecule has 1 aromatic rings. The minimum Gasteiger partial charge on any atom is -0.396 e. The third-order valence-corrected chi connectivity index (χ3v) is 3.02. The molecule has 1 amide bonds. The summed E-state index contributed by atoms with van der Waals surface area (Å²) in [4.78, 5) is 14.0. The van der Waals surface area contributed by atoms with Crippen LogP contribution in [0.5, 0.6) is 0 Å². The van der Waals surface area contributed by atoms with Crippen molar-refractivity contribution in [3.63, 3.8) is 0 Å². The van der Waals surface area contributed by atoms with Crippen LogP contribution in [0.15, 0.2) is 24.3 Å². The predicted octanol–water partition coefficient (Wildman–Crippen LogP) is 2.37. The predicted molar refractivity (Wildman–Crippen MR) is 78.5 cm³/mol. The third kappa shape index (κ3) is 6.05. The molecule has 0 aromatic heterocycles. The van der Waals surface area contributed by atoms with Crippen LogP contribution >= 0.6 is 11.6 Å². The molecule has 0 saturated carbocycles. The van der Waals surface area contributed by atoms with Crippen molar-refractivity contribution in [1.82, 2.24) is 4.90 Å². The SMILES string of the molecule is CC(C)N(CCCO)CC(=O)Nc1cccc(Cl)c1. The molecule has 0 bridgehead atoms.